The second-order valence-electron chi connectivity index (χ2n) is 6.81. The highest BCUT2D eigenvalue weighted by atomic mass is 32.2. The van der Waals surface area contributed by atoms with Crippen molar-refractivity contribution in [2.75, 3.05) is 19.0 Å². The van der Waals surface area contributed by atoms with Crippen LogP contribution in [0.1, 0.15) is 37.5 Å². The lowest BCUT2D eigenvalue weighted by molar-refractivity contribution is -0.140. The van der Waals surface area contributed by atoms with Crippen LogP contribution in [0.25, 0.3) is 5.70 Å². The minimum atomic E-state index is -0.778. The Morgan fingerprint density at radius 3 is 2.56 bits per heavy atom. The highest BCUT2D eigenvalue weighted by Crippen LogP contribution is 2.43. The second-order valence-corrected chi connectivity index (χ2v) is 7.80. The summed E-state index contributed by atoms with van der Waals surface area (Å²) in [5.74, 6) is -1.24. The summed E-state index contributed by atoms with van der Waals surface area (Å²) in [6.07, 6.45) is 2.22. The number of esters is 2. The van der Waals surface area contributed by atoms with E-state index in [-0.39, 0.29) is 29.5 Å². The Morgan fingerprint density at radius 1 is 1.16 bits per heavy atom. The Labute approximate surface area is 191 Å². The first-order valence-electron chi connectivity index (χ1n) is 10.3. The van der Waals surface area contributed by atoms with E-state index in [9.17, 15) is 14.9 Å². The van der Waals surface area contributed by atoms with Gasteiger partial charge >= 0.3 is 11.9 Å². The molecule has 1 atom stereocenters. The predicted molar refractivity (Wildman–Crippen MR) is 121 cm³/mol. The number of carbonyl (C=O) groups is 2. The van der Waals surface area contributed by atoms with Gasteiger partial charge in [0.1, 0.15) is 5.76 Å². The van der Waals surface area contributed by atoms with Crippen LogP contribution in [-0.4, -0.2) is 30.9 Å². The number of nitrogens with one attached hydrogen (secondary N) is 1. The molecule has 0 unspecified atom stereocenters. The Morgan fingerprint density at radius 2 is 1.94 bits per heavy atom. The zero-order valence-electron chi connectivity index (χ0n) is 17.9. The third-order valence-electron chi connectivity index (χ3n) is 4.64. The molecule has 0 fully saturated rings. The number of thioether (sulfide) groups is 1. The van der Waals surface area contributed by atoms with Crippen molar-refractivity contribution in [2.45, 2.75) is 26.2 Å². The van der Waals surface area contributed by atoms with Crippen molar-refractivity contribution in [2.24, 2.45) is 0 Å². The summed E-state index contributed by atoms with van der Waals surface area (Å²) in [6, 6.07) is 14.9. The van der Waals surface area contributed by atoms with Crippen LogP contribution in [0.15, 0.2) is 69.3 Å². The first-order chi connectivity index (χ1) is 15.6. The number of hydrogen-bond donors (Lipinski definition) is 1. The Bertz CT molecular complexity index is 1050. The highest BCUT2D eigenvalue weighted by Gasteiger charge is 2.38. The van der Waals surface area contributed by atoms with Gasteiger partial charge in [-0.3, -0.25) is 4.79 Å². The zero-order chi connectivity index (χ0) is 22.9. The third-order valence-corrected chi connectivity index (χ3v) is 5.63. The SMILES string of the molecule is CCCOC(=O)CSC1=C(C#N)[C@H](c2ccco2)C(C(=O)OCC)=C(c2ccccc2)N1. The molecule has 3 rings (SSSR count). The fourth-order valence-corrected chi connectivity index (χ4v) is 4.13. The Balaban J connectivity index is 2.10. The van der Waals surface area contributed by atoms with Crippen LogP contribution >= 0.6 is 11.8 Å². The molecule has 2 aromatic rings. The smallest absolute Gasteiger partial charge is 0.337 e. The summed E-state index contributed by atoms with van der Waals surface area (Å²) >= 11 is 1.16. The summed E-state index contributed by atoms with van der Waals surface area (Å²) in [7, 11) is 0. The summed E-state index contributed by atoms with van der Waals surface area (Å²) in [5, 5.41) is 13.7. The van der Waals surface area contributed by atoms with Crippen molar-refractivity contribution in [1.29, 1.82) is 5.26 Å². The van der Waals surface area contributed by atoms with Gasteiger partial charge in [0.05, 0.1) is 59.1 Å². The van der Waals surface area contributed by atoms with E-state index in [1.165, 1.54) is 6.26 Å². The average molecular weight is 453 g/mol. The van der Waals surface area contributed by atoms with E-state index < -0.39 is 11.9 Å². The molecule has 0 radical (unpaired) electrons. The molecule has 7 nitrogen and oxygen atoms in total. The van der Waals surface area contributed by atoms with E-state index >= 15 is 0 Å². The minimum Gasteiger partial charge on any atom is -0.468 e. The van der Waals surface area contributed by atoms with Crippen molar-refractivity contribution in [3.8, 4) is 6.07 Å². The molecule has 0 saturated heterocycles. The number of benzene rings is 1. The molecule has 1 aromatic carbocycles. The minimum absolute atomic E-state index is 0.0230. The van der Waals surface area contributed by atoms with E-state index in [0.29, 0.717) is 23.1 Å². The number of ether oxygens (including phenoxy) is 2. The predicted octanol–water partition coefficient (Wildman–Crippen LogP) is 4.36. The van der Waals surface area contributed by atoms with Gasteiger partial charge in [-0.1, -0.05) is 49.0 Å². The number of rotatable bonds is 9. The number of nitriles is 1. The van der Waals surface area contributed by atoms with Gasteiger partial charge in [-0.25, -0.2) is 4.79 Å². The molecule has 166 valence electrons. The van der Waals surface area contributed by atoms with Crippen LogP contribution in [0.2, 0.25) is 0 Å². The van der Waals surface area contributed by atoms with Crippen LogP contribution in [-0.2, 0) is 19.1 Å². The summed E-state index contributed by atoms with van der Waals surface area (Å²) < 4.78 is 16.1. The van der Waals surface area contributed by atoms with Crippen LogP contribution in [0.5, 0.6) is 0 Å². The molecule has 0 amide bonds. The highest BCUT2D eigenvalue weighted by molar-refractivity contribution is 8.03. The van der Waals surface area contributed by atoms with Crippen molar-refractivity contribution < 1.29 is 23.5 Å². The van der Waals surface area contributed by atoms with E-state index in [1.807, 2.05) is 37.3 Å². The van der Waals surface area contributed by atoms with Gasteiger partial charge in [0, 0.05) is 0 Å². The molecular weight excluding hydrogens is 428 g/mol. The molecule has 0 bridgehead atoms. The first kappa shape index (κ1) is 23.2. The molecule has 1 aliphatic heterocycles. The van der Waals surface area contributed by atoms with Gasteiger partial charge in [-0.2, -0.15) is 5.26 Å². The average Bonchev–Trinajstić information content (AvgIpc) is 3.35. The maximum absolute atomic E-state index is 13.1. The molecule has 32 heavy (non-hydrogen) atoms. The number of hydrogen-bond acceptors (Lipinski definition) is 8. The Hall–Kier alpha value is -3.44. The Kier molecular flexibility index (Phi) is 8.17. The van der Waals surface area contributed by atoms with Crippen LogP contribution in [0, 0.1) is 11.3 Å². The van der Waals surface area contributed by atoms with Crippen LogP contribution < -0.4 is 5.32 Å². The fraction of sp³-hybridized carbons (Fsp3) is 0.292. The lowest BCUT2D eigenvalue weighted by atomic mass is 9.84. The van der Waals surface area contributed by atoms with Gasteiger partial charge in [0.15, 0.2) is 0 Å². The number of furan rings is 1. The van der Waals surface area contributed by atoms with Gasteiger partial charge in [-0.15, -0.1) is 0 Å². The maximum Gasteiger partial charge on any atom is 0.337 e. The van der Waals surface area contributed by atoms with Gasteiger partial charge in [0.25, 0.3) is 0 Å². The number of allylic oxidation sites excluding steroid dienone is 1. The van der Waals surface area contributed by atoms with E-state index in [0.717, 1.165) is 23.7 Å². The summed E-state index contributed by atoms with van der Waals surface area (Å²) in [5.41, 5.74) is 1.81. The molecule has 0 spiro atoms. The summed E-state index contributed by atoms with van der Waals surface area (Å²) in [6.45, 7) is 4.17. The zero-order valence-corrected chi connectivity index (χ0v) is 18.7. The first-order valence-corrected chi connectivity index (χ1v) is 11.3. The van der Waals surface area contributed by atoms with Gasteiger partial charge in [-0.05, 0) is 31.0 Å². The van der Waals surface area contributed by atoms with Crippen molar-refractivity contribution >= 4 is 29.4 Å². The molecule has 1 N–H and O–H groups in total. The molecule has 1 aromatic heterocycles. The van der Waals surface area contributed by atoms with E-state index in [1.54, 1.807) is 19.1 Å². The summed E-state index contributed by atoms with van der Waals surface area (Å²) in [4.78, 5) is 25.1. The van der Waals surface area contributed by atoms with Crippen molar-refractivity contribution in [3.63, 3.8) is 0 Å². The van der Waals surface area contributed by atoms with Gasteiger partial charge < -0.3 is 19.2 Å². The largest absolute Gasteiger partial charge is 0.468 e. The molecule has 0 saturated carbocycles. The topological polar surface area (TPSA) is 102 Å². The van der Waals surface area contributed by atoms with Crippen molar-refractivity contribution in [1.82, 2.24) is 5.32 Å². The number of carbonyl (C=O) groups excluding carboxylic acids is 2. The quantitative estimate of drug-likeness (QED) is 0.560. The maximum atomic E-state index is 13.1. The van der Waals surface area contributed by atoms with Crippen LogP contribution in [0.3, 0.4) is 0 Å². The lowest BCUT2D eigenvalue weighted by Gasteiger charge is -2.29. The second kappa shape index (κ2) is 11.3. The molecule has 2 heterocycles. The fourth-order valence-electron chi connectivity index (χ4n) is 3.29. The van der Waals surface area contributed by atoms with E-state index in [4.69, 9.17) is 13.9 Å². The molecule has 8 heteroatoms. The monoisotopic (exact) mass is 452 g/mol. The van der Waals surface area contributed by atoms with E-state index in [2.05, 4.69) is 11.4 Å². The number of nitrogens with zero attached hydrogens (tertiary/aromatic N) is 1. The van der Waals surface area contributed by atoms with Crippen LogP contribution in [0.4, 0.5) is 0 Å². The molecule has 0 aliphatic carbocycles. The third kappa shape index (κ3) is 5.24. The van der Waals surface area contributed by atoms with Gasteiger partial charge in [0.2, 0.25) is 0 Å². The molecular formula is C24H24N2O5S. The van der Waals surface area contributed by atoms with Crippen molar-refractivity contribution in [3.05, 3.63) is 76.2 Å². The molecule has 1 aliphatic rings. The normalized spacial score (nSPS) is 15.7. The standard InChI is InChI=1S/C24H24N2O5S/c1-3-12-31-19(27)15-32-23-17(14-25)20(18-11-8-13-30-18)21(24(28)29-4-2)22(26-23)16-9-6-5-7-10-16/h5-11,13,20,26H,3-4,12,15H2,1-2H3/t20-/m1/s1. The number of dihydropyridines is 1. The lowest BCUT2D eigenvalue weighted by Crippen LogP contribution is -2.29.